The molecule has 1 unspecified atom stereocenters. The Kier molecular flexibility index (Phi) is 5.28. The highest BCUT2D eigenvalue weighted by Crippen LogP contribution is 2.18. The maximum atomic E-state index is 13.2. The molecule has 0 saturated carbocycles. The molecule has 0 radical (unpaired) electrons. The van der Waals surface area contributed by atoms with Crippen molar-refractivity contribution in [3.63, 3.8) is 0 Å². The molecule has 22 heavy (non-hydrogen) atoms. The van der Waals surface area contributed by atoms with Gasteiger partial charge < -0.3 is 4.74 Å². The van der Waals surface area contributed by atoms with Crippen LogP contribution in [0.15, 0.2) is 53.4 Å². The van der Waals surface area contributed by atoms with Crippen LogP contribution in [0.25, 0.3) is 0 Å². The van der Waals surface area contributed by atoms with Gasteiger partial charge in [0.25, 0.3) is 0 Å². The van der Waals surface area contributed by atoms with Gasteiger partial charge in [-0.3, -0.25) is 0 Å². The van der Waals surface area contributed by atoms with Crippen molar-refractivity contribution in [3.05, 3.63) is 65.5 Å². The number of halogens is 1. The molecule has 0 fully saturated rings. The first kappa shape index (κ1) is 16.6. The van der Waals surface area contributed by atoms with Crippen LogP contribution in [-0.2, 0) is 14.8 Å². The lowest BCUT2D eigenvalue weighted by Gasteiger charge is -2.17. The van der Waals surface area contributed by atoms with Gasteiger partial charge in [-0.15, -0.1) is 0 Å². The molecule has 2 aromatic carbocycles. The van der Waals surface area contributed by atoms with Crippen molar-refractivity contribution in [2.75, 3.05) is 13.7 Å². The molecule has 2 rings (SSSR count). The first-order valence-corrected chi connectivity index (χ1v) is 8.25. The summed E-state index contributed by atoms with van der Waals surface area (Å²) in [5.41, 5.74) is 1.56. The third kappa shape index (κ3) is 4.13. The van der Waals surface area contributed by atoms with Gasteiger partial charge in [-0.1, -0.05) is 29.8 Å². The van der Waals surface area contributed by atoms with Crippen molar-refractivity contribution < 1.29 is 17.5 Å². The van der Waals surface area contributed by atoms with Crippen LogP contribution in [0.4, 0.5) is 4.39 Å². The van der Waals surface area contributed by atoms with Gasteiger partial charge in [0, 0.05) is 13.7 Å². The first-order valence-electron chi connectivity index (χ1n) is 6.77. The predicted octanol–water partition coefficient (Wildman–Crippen LogP) is 2.80. The fourth-order valence-electron chi connectivity index (χ4n) is 2.03. The van der Waals surface area contributed by atoms with Crippen LogP contribution >= 0.6 is 0 Å². The SMILES string of the molecule is COC(CNS(=O)(=O)c1ccc(C)cc1)c1cccc(F)c1. The van der Waals surface area contributed by atoms with Gasteiger partial charge in [0.2, 0.25) is 10.0 Å². The second-order valence-electron chi connectivity index (χ2n) is 4.94. The summed E-state index contributed by atoms with van der Waals surface area (Å²) in [4.78, 5) is 0.187. The lowest BCUT2D eigenvalue weighted by Crippen LogP contribution is -2.29. The minimum Gasteiger partial charge on any atom is -0.375 e. The Hall–Kier alpha value is -1.76. The van der Waals surface area contributed by atoms with E-state index in [-0.39, 0.29) is 17.3 Å². The molecule has 4 nitrogen and oxygen atoms in total. The third-order valence-electron chi connectivity index (χ3n) is 3.30. The molecular weight excluding hydrogens is 305 g/mol. The van der Waals surface area contributed by atoms with Crippen LogP contribution in [-0.4, -0.2) is 22.1 Å². The normalized spacial score (nSPS) is 13.0. The second-order valence-corrected chi connectivity index (χ2v) is 6.71. The van der Waals surface area contributed by atoms with Gasteiger partial charge in [-0.2, -0.15) is 0 Å². The van der Waals surface area contributed by atoms with E-state index in [1.165, 1.54) is 19.2 Å². The van der Waals surface area contributed by atoms with Gasteiger partial charge >= 0.3 is 0 Å². The van der Waals surface area contributed by atoms with E-state index < -0.39 is 16.1 Å². The van der Waals surface area contributed by atoms with Crippen LogP contribution in [0.5, 0.6) is 0 Å². The molecule has 0 spiro atoms. The van der Waals surface area contributed by atoms with E-state index in [2.05, 4.69) is 4.72 Å². The molecule has 2 aromatic rings. The number of aryl methyl sites for hydroxylation is 1. The van der Waals surface area contributed by atoms with E-state index >= 15 is 0 Å². The molecule has 0 heterocycles. The van der Waals surface area contributed by atoms with Gasteiger partial charge in [-0.05, 0) is 36.8 Å². The van der Waals surface area contributed by atoms with E-state index in [0.717, 1.165) is 5.56 Å². The zero-order valence-electron chi connectivity index (χ0n) is 12.4. The Morgan fingerprint density at radius 3 is 2.45 bits per heavy atom. The molecule has 0 amide bonds. The Morgan fingerprint density at radius 1 is 1.18 bits per heavy atom. The number of hydrogen-bond acceptors (Lipinski definition) is 3. The molecule has 6 heteroatoms. The number of sulfonamides is 1. The van der Waals surface area contributed by atoms with Crippen LogP contribution in [0, 0.1) is 12.7 Å². The average Bonchev–Trinajstić information content (AvgIpc) is 2.48. The van der Waals surface area contributed by atoms with Crippen molar-refractivity contribution in [2.24, 2.45) is 0 Å². The number of rotatable bonds is 6. The van der Waals surface area contributed by atoms with Gasteiger partial charge in [0.05, 0.1) is 11.0 Å². The molecule has 0 aromatic heterocycles. The topological polar surface area (TPSA) is 55.4 Å². The van der Waals surface area contributed by atoms with E-state index in [1.54, 1.807) is 36.4 Å². The highest BCUT2D eigenvalue weighted by atomic mass is 32.2. The van der Waals surface area contributed by atoms with Gasteiger partial charge in [0.1, 0.15) is 5.82 Å². The molecule has 118 valence electrons. The molecule has 1 atom stereocenters. The number of benzene rings is 2. The molecule has 1 N–H and O–H groups in total. The molecular formula is C16H18FNO3S. The number of methoxy groups -OCH3 is 1. The van der Waals surface area contributed by atoms with Crippen molar-refractivity contribution in [2.45, 2.75) is 17.9 Å². The summed E-state index contributed by atoms with van der Waals surface area (Å²) in [5, 5.41) is 0. The van der Waals surface area contributed by atoms with E-state index in [1.807, 2.05) is 6.92 Å². The number of hydrogen-bond donors (Lipinski definition) is 1. The number of ether oxygens (including phenoxy) is 1. The minimum atomic E-state index is -3.62. The van der Waals surface area contributed by atoms with Crippen LogP contribution in [0.1, 0.15) is 17.2 Å². The Balaban J connectivity index is 2.11. The van der Waals surface area contributed by atoms with E-state index in [0.29, 0.717) is 5.56 Å². The second kappa shape index (κ2) is 7.00. The highest BCUT2D eigenvalue weighted by Gasteiger charge is 2.18. The fraction of sp³-hybridized carbons (Fsp3) is 0.250. The summed E-state index contributed by atoms with van der Waals surface area (Å²) in [6.45, 7) is 1.91. The summed E-state index contributed by atoms with van der Waals surface area (Å²) in [7, 11) is -2.17. The summed E-state index contributed by atoms with van der Waals surface area (Å²) >= 11 is 0. The smallest absolute Gasteiger partial charge is 0.240 e. The predicted molar refractivity (Wildman–Crippen MR) is 82.5 cm³/mol. The zero-order chi connectivity index (χ0) is 16.2. The Labute approximate surface area is 130 Å². The molecule has 0 aliphatic heterocycles. The van der Waals surface area contributed by atoms with Crippen molar-refractivity contribution in [1.82, 2.24) is 4.72 Å². The van der Waals surface area contributed by atoms with Crippen molar-refractivity contribution in [1.29, 1.82) is 0 Å². The maximum Gasteiger partial charge on any atom is 0.240 e. The van der Waals surface area contributed by atoms with Gasteiger partial charge in [-0.25, -0.2) is 17.5 Å². The quantitative estimate of drug-likeness (QED) is 0.889. The van der Waals surface area contributed by atoms with E-state index in [4.69, 9.17) is 4.74 Å². The fourth-order valence-corrected chi connectivity index (χ4v) is 3.06. The average molecular weight is 323 g/mol. The molecule has 0 saturated heterocycles. The standard InChI is InChI=1S/C16H18FNO3S/c1-12-6-8-15(9-7-12)22(19,20)18-11-16(21-2)13-4-3-5-14(17)10-13/h3-10,16,18H,11H2,1-2H3. The van der Waals surface area contributed by atoms with Crippen molar-refractivity contribution >= 4 is 10.0 Å². The Bertz CT molecular complexity index is 729. The number of nitrogens with one attached hydrogen (secondary N) is 1. The molecule has 0 aliphatic rings. The highest BCUT2D eigenvalue weighted by molar-refractivity contribution is 7.89. The van der Waals surface area contributed by atoms with Crippen LogP contribution in [0.2, 0.25) is 0 Å². The van der Waals surface area contributed by atoms with Crippen LogP contribution < -0.4 is 4.72 Å². The maximum absolute atomic E-state index is 13.2. The molecule has 0 bridgehead atoms. The summed E-state index contributed by atoms with van der Waals surface area (Å²) in [6, 6.07) is 12.5. The van der Waals surface area contributed by atoms with E-state index in [9.17, 15) is 12.8 Å². The molecule has 0 aliphatic carbocycles. The lowest BCUT2D eigenvalue weighted by atomic mass is 10.1. The summed E-state index contributed by atoms with van der Waals surface area (Å²) < 4.78 is 45.4. The summed E-state index contributed by atoms with van der Waals surface area (Å²) in [6.07, 6.45) is -0.559. The minimum absolute atomic E-state index is 0.0240. The van der Waals surface area contributed by atoms with Crippen molar-refractivity contribution in [3.8, 4) is 0 Å². The zero-order valence-corrected chi connectivity index (χ0v) is 13.2. The largest absolute Gasteiger partial charge is 0.375 e. The first-order chi connectivity index (χ1) is 10.4. The lowest BCUT2D eigenvalue weighted by molar-refractivity contribution is 0.107. The third-order valence-corrected chi connectivity index (χ3v) is 4.73. The Morgan fingerprint density at radius 2 is 1.86 bits per heavy atom. The monoisotopic (exact) mass is 323 g/mol. The van der Waals surface area contributed by atoms with Gasteiger partial charge in [0.15, 0.2) is 0 Å². The van der Waals surface area contributed by atoms with Crippen LogP contribution in [0.3, 0.4) is 0 Å². The summed E-state index contributed by atoms with van der Waals surface area (Å²) in [5.74, 6) is -0.388.